The number of carbonyl (C=O) groups excluding carboxylic acids is 2. The second-order valence-corrected chi connectivity index (χ2v) is 3.55. The minimum absolute atomic E-state index is 0.164. The summed E-state index contributed by atoms with van der Waals surface area (Å²) >= 11 is 0. The van der Waals surface area contributed by atoms with Gasteiger partial charge in [-0.25, -0.2) is 9.59 Å². The largest absolute Gasteiger partial charge is 0.441 e. The highest BCUT2D eigenvalue weighted by atomic mass is 16.7. The maximum absolute atomic E-state index is 10.6. The second-order valence-electron chi connectivity index (χ2n) is 3.55. The van der Waals surface area contributed by atoms with E-state index in [0.717, 1.165) is 0 Å². The molecule has 2 unspecified atom stereocenters. The fourth-order valence-corrected chi connectivity index (χ4v) is 1.93. The van der Waals surface area contributed by atoms with Gasteiger partial charge in [0.25, 0.3) is 0 Å². The van der Waals surface area contributed by atoms with Gasteiger partial charge in [-0.1, -0.05) is 0 Å². The standard InChI is InChI=1S/C8H12N2O6/c9-7(11)15-3-1-13-6-4(16-8(10)12)2-14-5(3)6/h3-6H,1-2H2,(H2,9,11)(H2,10,12)/t3-,4+,5?,6?. The average molecular weight is 232 g/mol. The number of hydrogen-bond acceptors (Lipinski definition) is 6. The zero-order valence-corrected chi connectivity index (χ0v) is 8.33. The summed E-state index contributed by atoms with van der Waals surface area (Å²) in [5, 5.41) is 0. The minimum atomic E-state index is -0.892. The summed E-state index contributed by atoms with van der Waals surface area (Å²) in [6, 6.07) is 0. The molecule has 0 aromatic rings. The molecule has 90 valence electrons. The molecule has 0 bridgehead atoms. The Hall–Kier alpha value is -1.54. The lowest BCUT2D eigenvalue weighted by Gasteiger charge is -2.15. The number of amides is 2. The minimum Gasteiger partial charge on any atom is -0.441 e. The lowest BCUT2D eigenvalue weighted by atomic mass is 10.1. The number of rotatable bonds is 2. The van der Waals surface area contributed by atoms with Gasteiger partial charge >= 0.3 is 12.2 Å². The number of hydrogen-bond donors (Lipinski definition) is 2. The Kier molecular flexibility index (Phi) is 2.84. The fraction of sp³-hybridized carbons (Fsp3) is 0.750. The van der Waals surface area contributed by atoms with Crippen molar-refractivity contribution in [2.45, 2.75) is 24.4 Å². The maximum Gasteiger partial charge on any atom is 0.404 e. The average Bonchev–Trinajstić information content (AvgIpc) is 2.70. The Labute approximate surface area is 90.7 Å². The van der Waals surface area contributed by atoms with Gasteiger partial charge in [0.1, 0.15) is 12.2 Å². The molecular weight excluding hydrogens is 220 g/mol. The molecule has 0 radical (unpaired) electrons. The van der Waals surface area contributed by atoms with Crippen LogP contribution in [0.5, 0.6) is 0 Å². The van der Waals surface area contributed by atoms with E-state index in [4.69, 9.17) is 30.4 Å². The molecular formula is C8H12N2O6. The van der Waals surface area contributed by atoms with Gasteiger partial charge in [0.05, 0.1) is 13.2 Å². The summed E-state index contributed by atoms with van der Waals surface area (Å²) in [7, 11) is 0. The molecule has 0 aromatic carbocycles. The van der Waals surface area contributed by atoms with Gasteiger partial charge in [0.15, 0.2) is 12.2 Å². The van der Waals surface area contributed by atoms with E-state index in [9.17, 15) is 9.59 Å². The van der Waals surface area contributed by atoms with Gasteiger partial charge < -0.3 is 30.4 Å². The van der Waals surface area contributed by atoms with Gasteiger partial charge in [0, 0.05) is 0 Å². The Balaban J connectivity index is 1.95. The van der Waals surface area contributed by atoms with Gasteiger partial charge in [-0.15, -0.1) is 0 Å². The first-order chi connectivity index (χ1) is 7.58. The smallest absolute Gasteiger partial charge is 0.404 e. The lowest BCUT2D eigenvalue weighted by Crippen LogP contribution is -2.37. The van der Waals surface area contributed by atoms with Crippen LogP contribution in [0.4, 0.5) is 9.59 Å². The zero-order valence-electron chi connectivity index (χ0n) is 8.33. The highest BCUT2D eigenvalue weighted by Crippen LogP contribution is 2.30. The molecule has 2 aliphatic rings. The number of primary amides is 2. The number of ether oxygens (including phenoxy) is 4. The van der Waals surface area contributed by atoms with Gasteiger partial charge in [-0.05, 0) is 0 Å². The highest BCUT2D eigenvalue weighted by Gasteiger charge is 2.50. The maximum atomic E-state index is 10.6. The SMILES string of the molecule is NC(=O)O[C@H]1COC2C1OC[C@H]2OC(N)=O. The van der Waals surface area contributed by atoms with Crippen LogP contribution in [0, 0.1) is 0 Å². The quantitative estimate of drug-likeness (QED) is 0.610. The van der Waals surface area contributed by atoms with Crippen molar-refractivity contribution in [1.29, 1.82) is 0 Å². The van der Waals surface area contributed by atoms with E-state index in [1.165, 1.54) is 0 Å². The van der Waals surface area contributed by atoms with Crippen molar-refractivity contribution in [3.05, 3.63) is 0 Å². The van der Waals surface area contributed by atoms with Crippen LogP contribution in [0.25, 0.3) is 0 Å². The van der Waals surface area contributed by atoms with Crippen LogP contribution in [-0.2, 0) is 18.9 Å². The molecule has 8 heteroatoms. The molecule has 2 aliphatic heterocycles. The molecule has 0 spiro atoms. The van der Waals surface area contributed by atoms with Crippen LogP contribution in [0.2, 0.25) is 0 Å². The van der Waals surface area contributed by atoms with Crippen LogP contribution in [0.1, 0.15) is 0 Å². The summed E-state index contributed by atoms with van der Waals surface area (Å²) in [4.78, 5) is 21.2. The van der Waals surface area contributed by atoms with Gasteiger partial charge in [-0.3, -0.25) is 0 Å². The number of nitrogens with two attached hydrogens (primary N) is 2. The molecule has 0 saturated carbocycles. The summed E-state index contributed by atoms with van der Waals surface area (Å²) in [6.07, 6.45) is -3.84. The summed E-state index contributed by atoms with van der Waals surface area (Å²) in [5.74, 6) is 0. The van der Waals surface area contributed by atoms with E-state index in [-0.39, 0.29) is 13.2 Å². The predicted molar refractivity (Wildman–Crippen MR) is 48.4 cm³/mol. The Morgan fingerprint density at radius 2 is 1.31 bits per heavy atom. The molecule has 0 aromatic heterocycles. The third-order valence-corrected chi connectivity index (χ3v) is 2.50. The Morgan fingerprint density at radius 1 is 0.938 bits per heavy atom. The normalized spacial score (nSPS) is 36.8. The van der Waals surface area contributed by atoms with Gasteiger partial charge in [0.2, 0.25) is 0 Å². The molecule has 2 saturated heterocycles. The van der Waals surface area contributed by atoms with E-state index in [2.05, 4.69) is 0 Å². The van der Waals surface area contributed by atoms with Crippen molar-refractivity contribution in [3.63, 3.8) is 0 Å². The fourth-order valence-electron chi connectivity index (χ4n) is 1.93. The van der Waals surface area contributed by atoms with Crippen molar-refractivity contribution >= 4 is 12.2 Å². The molecule has 2 rings (SSSR count). The van der Waals surface area contributed by atoms with Crippen molar-refractivity contribution in [3.8, 4) is 0 Å². The topological polar surface area (TPSA) is 123 Å². The molecule has 2 heterocycles. The summed E-state index contributed by atoms with van der Waals surface area (Å²) < 4.78 is 20.2. The van der Waals surface area contributed by atoms with Crippen LogP contribution in [0.15, 0.2) is 0 Å². The van der Waals surface area contributed by atoms with E-state index in [1.54, 1.807) is 0 Å². The van der Waals surface area contributed by atoms with Crippen LogP contribution in [-0.4, -0.2) is 49.8 Å². The van der Waals surface area contributed by atoms with E-state index >= 15 is 0 Å². The molecule has 0 aliphatic carbocycles. The second kappa shape index (κ2) is 4.14. The zero-order chi connectivity index (χ0) is 11.7. The Morgan fingerprint density at radius 3 is 1.62 bits per heavy atom. The lowest BCUT2D eigenvalue weighted by molar-refractivity contribution is -0.00864. The molecule has 8 nitrogen and oxygen atoms in total. The first-order valence-electron chi connectivity index (χ1n) is 4.73. The first kappa shape index (κ1) is 11.0. The first-order valence-corrected chi connectivity index (χ1v) is 4.73. The van der Waals surface area contributed by atoms with Crippen LogP contribution < -0.4 is 11.5 Å². The van der Waals surface area contributed by atoms with Crippen LogP contribution >= 0.6 is 0 Å². The Bertz CT molecular complexity index is 279. The molecule has 4 N–H and O–H groups in total. The number of fused-ring (bicyclic) bond motifs is 1. The summed E-state index contributed by atoms with van der Waals surface area (Å²) in [6.45, 7) is 0.327. The number of carbonyl (C=O) groups is 2. The van der Waals surface area contributed by atoms with Crippen molar-refractivity contribution in [2.24, 2.45) is 11.5 Å². The monoisotopic (exact) mass is 232 g/mol. The van der Waals surface area contributed by atoms with Crippen molar-refractivity contribution in [1.82, 2.24) is 0 Å². The third kappa shape index (κ3) is 2.02. The third-order valence-electron chi connectivity index (χ3n) is 2.50. The summed E-state index contributed by atoms with van der Waals surface area (Å²) in [5.41, 5.74) is 9.79. The molecule has 2 fully saturated rings. The van der Waals surface area contributed by atoms with Crippen molar-refractivity contribution < 1.29 is 28.5 Å². The molecule has 4 atom stereocenters. The van der Waals surface area contributed by atoms with E-state index < -0.39 is 36.6 Å². The molecule has 2 amide bonds. The van der Waals surface area contributed by atoms with E-state index in [0.29, 0.717) is 0 Å². The molecule has 16 heavy (non-hydrogen) atoms. The van der Waals surface area contributed by atoms with Crippen molar-refractivity contribution in [2.75, 3.05) is 13.2 Å². The van der Waals surface area contributed by atoms with Crippen LogP contribution in [0.3, 0.4) is 0 Å². The van der Waals surface area contributed by atoms with Gasteiger partial charge in [-0.2, -0.15) is 0 Å². The predicted octanol–water partition coefficient (Wildman–Crippen LogP) is -1.29. The van der Waals surface area contributed by atoms with E-state index in [1.807, 2.05) is 0 Å². The highest BCUT2D eigenvalue weighted by molar-refractivity contribution is 5.65.